The second-order valence-electron chi connectivity index (χ2n) is 4.17. The molecule has 0 saturated carbocycles. The quantitative estimate of drug-likeness (QED) is 0.806. The molecule has 2 aromatic carbocycles. The van der Waals surface area contributed by atoms with Gasteiger partial charge in [-0.15, -0.1) is 0 Å². The lowest BCUT2D eigenvalue weighted by molar-refractivity contribution is 0.259. The number of primary amides is 1. The maximum atomic E-state index is 13.3. The minimum atomic E-state index is -0.609. The molecular formula is C14H13ClFN3O. The summed E-state index contributed by atoms with van der Waals surface area (Å²) < 4.78 is 13.3. The first-order chi connectivity index (χ1) is 9.54. The van der Waals surface area contributed by atoms with Crippen molar-refractivity contribution in [2.75, 3.05) is 10.6 Å². The van der Waals surface area contributed by atoms with Crippen molar-refractivity contribution < 1.29 is 9.18 Å². The highest BCUT2D eigenvalue weighted by Crippen LogP contribution is 2.18. The molecule has 104 valence electrons. The van der Waals surface area contributed by atoms with Gasteiger partial charge >= 0.3 is 6.03 Å². The molecule has 0 aliphatic heterocycles. The molecule has 6 heteroatoms. The van der Waals surface area contributed by atoms with E-state index < -0.39 is 11.8 Å². The average Bonchev–Trinajstić information content (AvgIpc) is 2.41. The zero-order valence-electron chi connectivity index (χ0n) is 10.5. The van der Waals surface area contributed by atoms with Crippen molar-refractivity contribution in [3.63, 3.8) is 0 Å². The van der Waals surface area contributed by atoms with Crippen LogP contribution in [0.3, 0.4) is 0 Å². The van der Waals surface area contributed by atoms with E-state index in [1.54, 1.807) is 30.3 Å². The van der Waals surface area contributed by atoms with Crippen LogP contribution in [-0.2, 0) is 6.54 Å². The van der Waals surface area contributed by atoms with Crippen LogP contribution in [0.5, 0.6) is 0 Å². The summed E-state index contributed by atoms with van der Waals surface area (Å²) in [6.45, 7) is 0.469. The molecule has 2 aromatic rings. The number of nitrogens with one attached hydrogen (secondary N) is 2. The van der Waals surface area contributed by atoms with Gasteiger partial charge < -0.3 is 16.4 Å². The van der Waals surface area contributed by atoms with Crippen LogP contribution in [0.25, 0.3) is 0 Å². The van der Waals surface area contributed by atoms with E-state index in [-0.39, 0.29) is 5.02 Å². The highest BCUT2D eigenvalue weighted by atomic mass is 35.5. The molecule has 4 nitrogen and oxygen atoms in total. The molecule has 0 atom stereocenters. The number of nitrogens with two attached hydrogens (primary N) is 1. The molecule has 0 heterocycles. The fraction of sp³-hybridized carbons (Fsp3) is 0.0714. The smallest absolute Gasteiger partial charge is 0.316 e. The van der Waals surface area contributed by atoms with E-state index in [2.05, 4.69) is 10.6 Å². The molecule has 0 fully saturated rings. The average molecular weight is 294 g/mol. The monoisotopic (exact) mass is 293 g/mol. The van der Waals surface area contributed by atoms with Crippen molar-refractivity contribution in [1.82, 2.24) is 0 Å². The summed E-state index contributed by atoms with van der Waals surface area (Å²) in [5, 5.41) is 5.71. The molecule has 0 bridgehead atoms. The van der Waals surface area contributed by atoms with Gasteiger partial charge in [0.05, 0.1) is 5.02 Å². The summed E-state index contributed by atoms with van der Waals surface area (Å²) in [6, 6.07) is 11.1. The number of hydrogen-bond donors (Lipinski definition) is 3. The number of rotatable bonds is 4. The van der Waals surface area contributed by atoms with Gasteiger partial charge in [0.25, 0.3) is 0 Å². The largest absolute Gasteiger partial charge is 0.381 e. The molecule has 0 unspecified atom stereocenters. The van der Waals surface area contributed by atoms with Gasteiger partial charge in [-0.05, 0) is 42.0 Å². The Labute approximate surface area is 120 Å². The van der Waals surface area contributed by atoms with Crippen LogP contribution in [-0.4, -0.2) is 6.03 Å². The summed E-state index contributed by atoms with van der Waals surface area (Å²) in [4.78, 5) is 10.7. The molecule has 0 aliphatic rings. The fourth-order valence-electron chi connectivity index (χ4n) is 1.67. The lowest BCUT2D eigenvalue weighted by Crippen LogP contribution is -2.19. The van der Waals surface area contributed by atoms with Gasteiger partial charge in [-0.2, -0.15) is 0 Å². The zero-order chi connectivity index (χ0) is 14.5. The summed E-state index contributed by atoms with van der Waals surface area (Å²) >= 11 is 5.62. The van der Waals surface area contributed by atoms with Crippen molar-refractivity contribution in [3.8, 4) is 0 Å². The summed E-state index contributed by atoms with van der Waals surface area (Å²) in [5.74, 6) is -0.438. The van der Waals surface area contributed by atoms with E-state index >= 15 is 0 Å². The Morgan fingerprint density at radius 2 is 1.80 bits per heavy atom. The van der Waals surface area contributed by atoms with Crippen LogP contribution in [0.2, 0.25) is 5.02 Å². The number of hydrogen-bond acceptors (Lipinski definition) is 2. The third kappa shape index (κ3) is 3.86. The van der Waals surface area contributed by atoms with E-state index in [9.17, 15) is 9.18 Å². The van der Waals surface area contributed by atoms with E-state index in [0.717, 1.165) is 11.3 Å². The maximum Gasteiger partial charge on any atom is 0.316 e. The number of halogens is 2. The molecule has 0 spiro atoms. The first-order valence-corrected chi connectivity index (χ1v) is 6.27. The van der Waals surface area contributed by atoms with Crippen molar-refractivity contribution in [2.24, 2.45) is 5.73 Å². The van der Waals surface area contributed by atoms with Crippen LogP contribution in [0.4, 0.5) is 20.6 Å². The molecule has 20 heavy (non-hydrogen) atoms. The highest BCUT2D eigenvalue weighted by Gasteiger charge is 2.01. The molecule has 4 N–H and O–H groups in total. The number of benzene rings is 2. The lowest BCUT2D eigenvalue weighted by Gasteiger charge is -2.08. The summed E-state index contributed by atoms with van der Waals surface area (Å²) in [7, 11) is 0. The lowest BCUT2D eigenvalue weighted by atomic mass is 10.2. The number of anilines is 2. The predicted octanol–water partition coefficient (Wildman–Crippen LogP) is 3.58. The van der Waals surface area contributed by atoms with Gasteiger partial charge in [0.15, 0.2) is 0 Å². The topological polar surface area (TPSA) is 67.2 Å². The Bertz CT molecular complexity index is 616. The maximum absolute atomic E-state index is 13.3. The Balaban J connectivity index is 1.96. The fourth-order valence-corrected chi connectivity index (χ4v) is 1.78. The van der Waals surface area contributed by atoms with Crippen LogP contribution >= 0.6 is 11.6 Å². The second-order valence-corrected chi connectivity index (χ2v) is 4.58. The van der Waals surface area contributed by atoms with Crippen molar-refractivity contribution in [1.29, 1.82) is 0 Å². The van der Waals surface area contributed by atoms with Gasteiger partial charge in [0.2, 0.25) is 0 Å². The molecule has 0 aliphatic carbocycles. The predicted molar refractivity (Wildman–Crippen MR) is 78.4 cm³/mol. The molecular weight excluding hydrogens is 281 g/mol. The number of urea groups is 1. The Kier molecular flexibility index (Phi) is 4.42. The van der Waals surface area contributed by atoms with Crippen molar-refractivity contribution in [3.05, 3.63) is 58.9 Å². The van der Waals surface area contributed by atoms with Crippen LogP contribution < -0.4 is 16.4 Å². The number of carbonyl (C=O) groups is 1. The van der Waals surface area contributed by atoms with Crippen molar-refractivity contribution >= 4 is 29.0 Å². The first kappa shape index (κ1) is 14.1. The van der Waals surface area contributed by atoms with Gasteiger partial charge in [-0.25, -0.2) is 9.18 Å². The van der Waals surface area contributed by atoms with Crippen molar-refractivity contribution in [2.45, 2.75) is 6.54 Å². The number of carbonyl (C=O) groups excluding carboxylic acids is 1. The third-order valence-corrected chi connectivity index (χ3v) is 2.94. The van der Waals surface area contributed by atoms with Crippen LogP contribution in [0.15, 0.2) is 42.5 Å². The van der Waals surface area contributed by atoms with Gasteiger partial charge in [-0.1, -0.05) is 17.7 Å². The van der Waals surface area contributed by atoms with Gasteiger partial charge in [0, 0.05) is 17.9 Å². The Morgan fingerprint density at radius 1 is 1.15 bits per heavy atom. The molecule has 0 aromatic heterocycles. The highest BCUT2D eigenvalue weighted by molar-refractivity contribution is 6.30. The van der Waals surface area contributed by atoms with Crippen LogP contribution in [0.1, 0.15) is 5.56 Å². The number of amides is 2. The summed E-state index contributed by atoms with van der Waals surface area (Å²) in [6.07, 6.45) is 0. The van der Waals surface area contributed by atoms with E-state index in [1.807, 2.05) is 0 Å². The Hall–Kier alpha value is -2.27. The zero-order valence-corrected chi connectivity index (χ0v) is 11.2. The van der Waals surface area contributed by atoms with Gasteiger partial charge in [0.1, 0.15) is 5.82 Å². The molecule has 0 saturated heterocycles. The van der Waals surface area contributed by atoms with Gasteiger partial charge in [-0.3, -0.25) is 0 Å². The standard InChI is InChI=1S/C14H13ClFN3O/c15-12-6-1-9(7-13(12)16)8-18-10-2-4-11(5-3-10)19-14(17)20/h1-7,18H,8H2,(H3,17,19,20). The molecule has 2 rings (SSSR count). The van der Waals surface area contributed by atoms with Crippen LogP contribution in [0, 0.1) is 5.82 Å². The van der Waals surface area contributed by atoms with E-state index in [0.29, 0.717) is 12.2 Å². The SMILES string of the molecule is NC(=O)Nc1ccc(NCc2ccc(Cl)c(F)c2)cc1. The summed E-state index contributed by atoms with van der Waals surface area (Å²) in [5.41, 5.74) is 7.25. The molecule has 0 radical (unpaired) electrons. The molecule has 2 amide bonds. The third-order valence-electron chi connectivity index (χ3n) is 2.63. The second kappa shape index (κ2) is 6.25. The minimum Gasteiger partial charge on any atom is -0.381 e. The van der Waals surface area contributed by atoms with E-state index in [4.69, 9.17) is 17.3 Å². The normalized spacial score (nSPS) is 10.1. The Morgan fingerprint density at radius 3 is 2.40 bits per heavy atom. The minimum absolute atomic E-state index is 0.107. The first-order valence-electron chi connectivity index (χ1n) is 5.89. The van der Waals surface area contributed by atoms with E-state index in [1.165, 1.54) is 12.1 Å².